The predicted molar refractivity (Wildman–Crippen MR) is 109 cm³/mol. The largest absolute Gasteiger partial charge is 0.477 e. The van der Waals surface area contributed by atoms with E-state index >= 15 is 0 Å². The van der Waals surface area contributed by atoms with Crippen molar-refractivity contribution in [2.45, 2.75) is 40.3 Å². The summed E-state index contributed by atoms with van der Waals surface area (Å²) in [5, 5.41) is 6.09. The Labute approximate surface area is 161 Å². The summed E-state index contributed by atoms with van der Waals surface area (Å²) in [7, 11) is 1.85. The van der Waals surface area contributed by atoms with Gasteiger partial charge in [0.15, 0.2) is 6.29 Å². The predicted octanol–water partition coefficient (Wildman–Crippen LogP) is 2.87. The van der Waals surface area contributed by atoms with Crippen molar-refractivity contribution >= 4 is 12.5 Å². The third-order valence-electron chi connectivity index (χ3n) is 5.06. The molecule has 2 heterocycles. The number of pyridine rings is 1. The Balaban J connectivity index is 1.95. The quantitative estimate of drug-likeness (QED) is 0.516. The molecule has 0 bridgehead atoms. The van der Waals surface area contributed by atoms with E-state index in [9.17, 15) is 4.79 Å². The van der Waals surface area contributed by atoms with Gasteiger partial charge in [-0.25, -0.2) is 4.98 Å². The number of hydrogen-bond acceptors (Lipinski definition) is 6. The number of aldehydes is 1. The topological polar surface area (TPSA) is 75.6 Å². The molecule has 1 aliphatic rings. The third-order valence-corrected chi connectivity index (χ3v) is 5.06. The van der Waals surface area contributed by atoms with Crippen molar-refractivity contribution in [3.8, 4) is 5.88 Å². The monoisotopic (exact) mass is 370 g/mol. The van der Waals surface area contributed by atoms with Crippen LogP contribution in [-0.4, -0.2) is 37.2 Å². The van der Waals surface area contributed by atoms with Gasteiger partial charge in [0, 0.05) is 29.5 Å². The molecular weight excluding hydrogens is 340 g/mol. The number of aliphatic imine (C=N–C) groups is 1. The van der Waals surface area contributed by atoms with Gasteiger partial charge >= 0.3 is 0 Å². The van der Waals surface area contributed by atoms with Gasteiger partial charge in [0.1, 0.15) is 0 Å². The number of dihydropyridines is 1. The summed E-state index contributed by atoms with van der Waals surface area (Å²) in [6.45, 7) is 9.89. The molecule has 2 N–H and O–H groups in total. The van der Waals surface area contributed by atoms with Crippen molar-refractivity contribution in [3.63, 3.8) is 0 Å². The van der Waals surface area contributed by atoms with Gasteiger partial charge in [-0.3, -0.25) is 9.79 Å². The second kappa shape index (κ2) is 9.46. The molecule has 27 heavy (non-hydrogen) atoms. The Hall–Kier alpha value is -2.47. The lowest BCUT2D eigenvalue weighted by Crippen LogP contribution is -2.32. The summed E-state index contributed by atoms with van der Waals surface area (Å²) in [5.41, 5.74) is 2.42. The summed E-state index contributed by atoms with van der Waals surface area (Å²) in [6.07, 6.45) is 8.02. The molecule has 0 aliphatic carbocycles. The van der Waals surface area contributed by atoms with E-state index < -0.39 is 0 Å². The Kier molecular flexibility index (Phi) is 7.30. The highest BCUT2D eigenvalue weighted by Crippen LogP contribution is 2.26. The van der Waals surface area contributed by atoms with E-state index in [1.807, 2.05) is 25.3 Å². The number of hydrogen-bond donors (Lipinski definition) is 2. The maximum atomic E-state index is 11.2. The van der Waals surface area contributed by atoms with Crippen LogP contribution in [0.1, 0.15) is 33.3 Å². The number of aromatic nitrogens is 1. The fourth-order valence-corrected chi connectivity index (χ4v) is 2.36. The van der Waals surface area contributed by atoms with Gasteiger partial charge in [-0.2, -0.15) is 0 Å². The Bertz CT molecular complexity index is 718. The first-order valence-electron chi connectivity index (χ1n) is 9.24. The second-order valence-electron chi connectivity index (χ2n) is 7.66. The lowest BCUT2D eigenvalue weighted by atomic mass is 9.82. The minimum Gasteiger partial charge on any atom is -0.477 e. The first-order valence-corrected chi connectivity index (χ1v) is 9.24. The molecule has 1 aromatic heterocycles. The van der Waals surface area contributed by atoms with Gasteiger partial charge in [-0.1, -0.05) is 33.8 Å². The van der Waals surface area contributed by atoms with E-state index in [0.29, 0.717) is 30.6 Å². The summed E-state index contributed by atoms with van der Waals surface area (Å²) in [6, 6.07) is 3.80. The Morgan fingerprint density at radius 1 is 1.41 bits per heavy atom. The van der Waals surface area contributed by atoms with Crippen LogP contribution in [0.3, 0.4) is 0 Å². The van der Waals surface area contributed by atoms with Crippen LogP contribution in [0.15, 0.2) is 46.9 Å². The van der Waals surface area contributed by atoms with Crippen LogP contribution in [-0.2, 0) is 11.3 Å². The van der Waals surface area contributed by atoms with E-state index in [1.54, 1.807) is 18.6 Å². The molecule has 0 fully saturated rings. The lowest BCUT2D eigenvalue weighted by Gasteiger charge is -2.28. The first kappa shape index (κ1) is 20.8. The average molecular weight is 370 g/mol. The molecule has 0 radical (unpaired) electrons. The molecule has 0 saturated carbocycles. The van der Waals surface area contributed by atoms with E-state index in [0.717, 1.165) is 17.4 Å². The molecule has 2 rings (SSSR count). The molecule has 1 atom stereocenters. The molecule has 6 heteroatoms. The summed E-state index contributed by atoms with van der Waals surface area (Å²) >= 11 is 0. The van der Waals surface area contributed by atoms with Crippen molar-refractivity contribution in [2.75, 3.05) is 13.7 Å². The smallest absolute Gasteiger partial charge is 0.213 e. The van der Waals surface area contributed by atoms with E-state index in [1.165, 1.54) is 0 Å². The normalized spacial score (nSPS) is 17.5. The number of ether oxygens (including phenoxy) is 1. The molecule has 0 saturated heterocycles. The van der Waals surface area contributed by atoms with Gasteiger partial charge < -0.3 is 15.4 Å². The highest BCUT2D eigenvalue weighted by Gasteiger charge is 2.23. The van der Waals surface area contributed by atoms with Gasteiger partial charge in [0.05, 0.1) is 24.9 Å². The standard InChI is InChI=1S/C21H30N4O2/c1-15(2)21(3,4)14-27-20-7-6-16(11-25-20)10-23-12-17-18(22-5)8-9-24-19(17)13-26/h6-9,11-13,15,18,22,24H,10,14H2,1-5H3. The third kappa shape index (κ3) is 5.76. The number of allylic oxidation sites excluding steroid dienone is 1. The van der Waals surface area contributed by atoms with Crippen LogP contribution < -0.4 is 15.4 Å². The van der Waals surface area contributed by atoms with Crippen LogP contribution in [0, 0.1) is 11.3 Å². The average Bonchev–Trinajstić information content (AvgIpc) is 2.67. The van der Waals surface area contributed by atoms with Crippen LogP contribution >= 0.6 is 0 Å². The van der Waals surface area contributed by atoms with Crippen LogP contribution in [0.5, 0.6) is 5.88 Å². The van der Waals surface area contributed by atoms with Crippen molar-refractivity contribution in [1.29, 1.82) is 0 Å². The molecule has 0 aromatic carbocycles. The van der Waals surface area contributed by atoms with E-state index in [-0.39, 0.29) is 11.5 Å². The van der Waals surface area contributed by atoms with Crippen LogP contribution in [0.2, 0.25) is 0 Å². The number of nitrogens with one attached hydrogen (secondary N) is 2. The molecule has 146 valence electrons. The maximum absolute atomic E-state index is 11.2. The van der Waals surface area contributed by atoms with Gasteiger partial charge in [0.25, 0.3) is 0 Å². The van der Waals surface area contributed by atoms with Crippen molar-refractivity contribution in [2.24, 2.45) is 16.3 Å². The summed E-state index contributed by atoms with van der Waals surface area (Å²) in [4.78, 5) is 20.0. The molecule has 1 unspecified atom stereocenters. The zero-order valence-electron chi connectivity index (χ0n) is 16.8. The minimum absolute atomic E-state index is 0.0339. The van der Waals surface area contributed by atoms with Gasteiger partial charge in [-0.15, -0.1) is 0 Å². The zero-order chi connectivity index (χ0) is 19.9. The van der Waals surface area contributed by atoms with Crippen LogP contribution in [0.4, 0.5) is 0 Å². The minimum atomic E-state index is -0.0339. The Morgan fingerprint density at radius 3 is 2.78 bits per heavy atom. The number of carbonyl (C=O) groups excluding carboxylic acids is 1. The van der Waals surface area contributed by atoms with E-state index in [2.05, 4.69) is 48.3 Å². The number of likely N-dealkylation sites (N-methyl/N-ethyl adjacent to an activating group) is 1. The number of rotatable bonds is 9. The molecule has 1 aliphatic heterocycles. The van der Waals surface area contributed by atoms with E-state index in [4.69, 9.17) is 4.74 Å². The van der Waals surface area contributed by atoms with Crippen LogP contribution in [0.25, 0.3) is 0 Å². The second-order valence-corrected chi connectivity index (χ2v) is 7.66. The highest BCUT2D eigenvalue weighted by molar-refractivity contribution is 5.91. The zero-order valence-corrected chi connectivity index (χ0v) is 16.8. The molecule has 0 spiro atoms. The summed E-state index contributed by atoms with van der Waals surface area (Å²) < 4.78 is 5.82. The lowest BCUT2D eigenvalue weighted by molar-refractivity contribution is -0.105. The molecule has 6 nitrogen and oxygen atoms in total. The number of carbonyl (C=O) groups is 1. The molecule has 0 amide bonds. The van der Waals surface area contributed by atoms with Crippen molar-refractivity contribution in [3.05, 3.63) is 47.4 Å². The number of nitrogens with zero attached hydrogens (tertiary/aromatic N) is 2. The summed E-state index contributed by atoms with van der Waals surface area (Å²) in [5.74, 6) is 1.15. The van der Waals surface area contributed by atoms with Gasteiger partial charge in [0.2, 0.25) is 5.88 Å². The SMILES string of the molecule is CNC1C=CNC(C=O)=C1C=NCc1ccc(OCC(C)(C)C(C)C)nc1. The van der Waals surface area contributed by atoms with Gasteiger partial charge in [-0.05, 0) is 30.8 Å². The molecular formula is C21H30N4O2. The highest BCUT2D eigenvalue weighted by atomic mass is 16.5. The Morgan fingerprint density at radius 2 is 2.19 bits per heavy atom. The maximum Gasteiger partial charge on any atom is 0.213 e. The first-order chi connectivity index (χ1) is 12.9. The fraction of sp³-hybridized carbons (Fsp3) is 0.476. The van der Waals surface area contributed by atoms with Crippen molar-refractivity contribution in [1.82, 2.24) is 15.6 Å². The molecule has 1 aromatic rings. The fourth-order valence-electron chi connectivity index (χ4n) is 2.36. The van der Waals surface area contributed by atoms with Crippen molar-refractivity contribution < 1.29 is 9.53 Å².